The summed E-state index contributed by atoms with van der Waals surface area (Å²) in [6.07, 6.45) is 2.89. The molecule has 1 aliphatic heterocycles. The molecule has 0 radical (unpaired) electrons. The van der Waals surface area contributed by atoms with Gasteiger partial charge in [0.2, 0.25) is 0 Å². The van der Waals surface area contributed by atoms with E-state index in [0.29, 0.717) is 10.9 Å². The third-order valence-corrected chi connectivity index (χ3v) is 2.72. The Hall–Kier alpha value is 0.440. The Morgan fingerprint density at radius 2 is 2.38 bits per heavy atom. The third-order valence-electron chi connectivity index (χ3n) is 1.51. The monoisotopic (exact) mass is 178 g/mol. The summed E-state index contributed by atoms with van der Waals surface area (Å²) in [7, 11) is 0. The highest BCUT2D eigenvalue weighted by Gasteiger charge is 2.17. The van der Waals surface area contributed by atoms with Crippen molar-refractivity contribution >= 4 is 15.9 Å². The van der Waals surface area contributed by atoms with E-state index in [1.54, 1.807) is 0 Å². The van der Waals surface area contributed by atoms with Crippen LogP contribution in [0.1, 0.15) is 19.8 Å². The van der Waals surface area contributed by atoms with Gasteiger partial charge in [0.1, 0.15) is 0 Å². The first kappa shape index (κ1) is 6.56. The zero-order valence-corrected chi connectivity index (χ0v) is 6.65. The van der Waals surface area contributed by atoms with Crippen molar-refractivity contribution in [2.45, 2.75) is 30.7 Å². The largest absolute Gasteiger partial charge is 0.377 e. The third kappa shape index (κ3) is 1.46. The van der Waals surface area contributed by atoms with E-state index in [-0.39, 0.29) is 0 Å². The Morgan fingerprint density at radius 1 is 1.62 bits per heavy atom. The highest BCUT2D eigenvalue weighted by Crippen LogP contribution is 2.19. The van der Waals surface area contributed by atoms with Crippen molar-refractivity contribution in [1.82, 2.24) is 0 Å². The molecule has 0 bridgehead atoms. The van der Waals surface area contributed by atoms with Crippen LogP contribution >= 0.6 is 15.9 Å². The standard InChI is InChI=1S/C6H11BrO/c1-5-6(7)3-2-4-8-5/h5-6H,2-4H2,1H3/t5-,6-/m1/s1. The highest BCUT2D eigenvalue weighted by molar-refractivity contribution is 9.09. The van der Waals surface area contributed by atoms with Gasteiger partial charge in [-0.05, 0) is 19.8 Å². The SMILES string of the molecule is C[C@H]1OCCC[C@H]1Br. The molecule has 1 saturated heterocycles. The molecule has 2 atom stereocenters. The fourth-order valence-electron chi connectivity index (χ4n) is 0.887. The van der Waals surface area contributed by atoms with E-state index in [2.05, 4.69) is 22.9 Å². The van der Waals surface area contributed by atoms with E-state index in [9.17, 15) is 0 Å². The van der Waals surface area contributed by atoms with Gasteiger partial charge in [0.05, 0.1) is 6.10 Å². The van der Waals surface area contributed by atoms with E-state index in [0.717, 1.165) is 6.61 Å². The van der Waals surface area contributed by atoms with Crippen LogP contribution in [0.15, 0.2) is 0 Å². The number of hydrogen-bond acceptors (Lipinski definition) is 1. The van der Waals surface area contributed by atoms with Crippen molar-refractivity contribution in [2.24, 2.45) is 0 Å². The molecule has 0 aliphatic carbocycles. The fraction of sp³-hybridized carbons (Fsp3) is 1.00. The van der Waals surface area contributed by atoms with Crippen molar-refractivity contribution in [3.05, 3.63) is 0 Å². The lowest BCUT2D eigenvalue weighted by Crippen LogP contribution is -2.26. The van der Waals surface area contributed by atoms with Crippen LogP contribution in [0.5, 0.6) is 0 Å². The summed E-state index contributed by atoms with van der Waals surface area (Å²) in [5.41, 5.74) is 0. The minimum absolute atomic E-state index is 0.420. The molecule has 1 nitrogen and oxygen atoms in total. The molecule has 1 rings (SSSR count). The normalized spacial score (nSPS) is 39.8. The van der Waals surface area contributed by atoms with Crippen LogP contribution in [0.25, 0.3) is 0 Å². The average Bonchev–Trinajstić information content (AvgIpc) is 1.77. The van der Waals surface area contributed by atoms with E-state index in [1.807, 2.05) is 0 Å². The zero-order chi connectivity index (χ0) is 5.98. The molecule has 1 aliphatic rings. The second-order valence-electron chi connectivity index (χ2n) is 2.23. The van der Waals surface area contributed by atoms with Gasteiger partial charge < -0.3 is 4.74 Å². The predicted molar refractivity (Wildman–Crippen MR) is 37.4 cm³/mol. The van der Waals surface area contributed by atoms with E-state index in [1.165, 1.54) is 12.8 Å². The summed E-state index contributed by atoms with van der Waals surface area (Å²) in [5, 5.41) is 0. The van der Waals surface area contributed by atoms with Crippen LogP contribution in [0.3, 0.4) is 0 Å². The van der Waals surface area contributed by atoms with E-state index >= 15 is 0 Å². The quantitative estimate of drug-likeness (QED) is 0.516. The summed E-state index contributed by atoms with van der Waals surface area (Å²) >= 11 is 3.53. The van der Waals surface area contributed by atoms with E-state index < -0.39 is 0 Å². The molecule has 0 N–H and O–H groups in total. The van der Waals surface area contributed by atoms with Crippen LogP contribution in [0.4, 0.5) is 0 Å². The predicted octanol–water partition coefficient (Wildman–Crippen LogP) is 1.95. The number of ether oxygens (including phenoxy) is 1. The molecule has 8 heavy (non-hydrogen) atoms. The summed E-state index contributed by atoms with van der Waals surface area (Å²) in [6, 6.07) is 0. The molecular weight excluding hydrogens is 168 g/mol. The summed E-state index contributed by atoms with van der Waals surface area (Å²) in [6.45, 7) is 3.06. The molecule has 0 saturated carbocycles. The van der Waals surface area contributed by atoms with Crippen molar-refractivity contribution in [3.63, 3.8) is 0 Å². The molecule has 0 aromatic rings. The van der Waals surface area contributed by atoms with Gasteiger partial charge in [0.25, 0.3) is 0 Å². The Bertz CT molecular complexity index is 64.9. The number of rotatable bonds is 0. The zero-order valence-electron chi connectivity index (χ0n) is 5.06. The van der Waals surface area contributed by atoms with Gasteiger partial charge in [-0.25, -0.2) is 0 Å². The first-order valence-corrected chi connectivity index (χ1v) is 3.98. The molecule has 48 valence electrons. The first-order valence-electron chi connectivity index (χ1n) is 3.06. The highest BCUT2D eigenvalue weighted by atomic mass is 79.9. The fourth-order valence-corrected chi connectivity index (χ4v) is 1.36. The molecule has 0 aromatic heterocycles. The minimum Gasteiger partial charge on any atom is -0.377 e. The van der Waals surface area contributed by atoms with Gasteiger partial charge in [0.15, 0.2) is 0 Å². The number of hydrogen-bond donors (Lipinski definition) is 0. The van der Waals surface area contributed by atoms with Crippen LogP contribution < -0.4 is 0 Å². The summed E-state index contributed by atoms with van der Waals surface area (Å²) in [4.78, 5) is 0.594. The number of halogens is 1. The Morgan fingerprint density at radius 3 is 2.75 bits per heavy atom. The molecule has 0 amide bonds. The average molecular weight is 179 g/mol. The Kier molecular flexibility index (Phi) is 2.32. The van der Waals surface area contributed by atoms with Crippen LogP contribution in [0, 0.1) is 0 Å². The second-order valence-corrected chi connectivity index (χ2v) is 3.41. The molecule has 0 unspecified atom stereocenters. The molecule has 1 heterocycles. The van der Waals surface area contributed by atoms with E-state index in [4.69, 9.17) is 4.74 Å². The van der Waals surface area contributed by atoms with Gasteiger partial charge in [0, 0.05) is 11.4 Å². The molecular formula is C6H11BrO. The molecule has 1 fully saturated rings. The minimum atomic E-state index is 0.420. The summed E-state index contributed by atoms with van der Waals surface area (Å²) in [5.74, 6) is 0. The Labute approximate surface area is 58.5 Å². The van der Waals surface area contributed by atoms with Crippen LogP contribution in [0.2, 0.25) is 0 Å². The second kappa shape index (κ2) is 2.83. The summed E-state index contributed by atoms with van der Waals surface area (Å²) < 4.78 is 5.34. The maximum absolute atomic E-state index is 5.34. The van der Waals surface area contributed by atoms with Crippen molar-refractivity contribution < 1.29 is 4.74 Å². The Balaban J connectivity index is 2.28. The van der Waals surface area contributed by atoms with Gasteiger partial charge in [-0.2, -0.15) is 0 Å². The molecule has 2 heteroatoms. The maximum Gasteiger partial charge on any atom is 0.0671 e. The van der Waals surface area contributed by atoms with Gasteiger partial charge in [-0.3, -0.25) is 0 Å². The maximum atomic E-state index is 5.34. The van der Waals surface area contributed by atoms with Crippen molar-refractivity contribution in [3.8, 4) is 0 Å². The topological polar surface area (TPSA) is 9.23 Å². The first-order chi connectivity index (χ1) is 3.80. The smallest absolute Gasteiger partial charge is 0.0671 e. The van der Waals surface area contributed by atoms with Gasteiger partial charge in [-0.15, -0.1) is 0 Å². The lowest BCUT2D eigenvalue weighted by molar-refractivity contribution is 0.0351. The lowest BCUT2D eigenvalue weighted by atomic mass is 10.1. The molecule has 0 spiro atoms. The van der Waals surface area contributed by atoms with Crippen LogP contribution in [-0.4, -0.2) is 17.5 Å². The number of alkyl halides is 1. The van der Waals surface area contributed by atoms with Gasteiger partial charge in [-0.1, -0.05) is 15.9 Å². The van der Waals surface area contributed by atoms with Crippen molar-refractivity contribution in [2.75, 3.05) is 6.61 Å². The van der Waals surface area contributed by atoms with Gasteiger partial charge >= 0.3 is 0 Å². The lowest BCUT2D eigenvalue weighted by Gasteiger charge is -2.23. The van der Waals surface area contributed by atoms with Crippen LogP contribution in [-0.2, 0) is 4.74 Å². The molecule has 0 aromatic carbocycles. The van der Waals surface area contributed by atoms with Crippen molar-refractivity contribution in [1.29, 1.82) is 0 Å².